The zero-order chi connectivity index (χ0) is 23.2. The Kier molecular flexibility index (Phi) is 11.1. The van der Waals surface area contributed by atoms with Gasteiger partial charge in [0.25, 0.3) is 11.8 Å². The molecule has 0 bridgehead atoms. The summed E-state index contributed by atoms with van der Waals surface area (Å²) in [6.45, 7) is 4.62. The van der Waals surface area contributed by atoms with Gasteiger partial charge in [-0.15, -0.1) is 0 Å². The first-order chi connectivity index (χ1) is 15.5. The van der Waals surface area contributed by atoms with Crippen LogP contribution in [0.15, 0.2) is 48.5 Å². The molecule has 0 spiro atoms. The summed E-state index contributed by atoms with van der Waals surface area (Å²) >= 11 is 5.23. The van der Waals surface area contributed by atoms with Crippen molar-refractivity contribution in [2.45, 2.75) is 13.3 Å². The highest BCUT2D eigenvalue weighted by molar-refractivity contribution is 7.80. The molecule has 0 atom stereocenters. The average Bonchev–Trinajstić information content (AvgIpc) is 2.80. The molecule has 0 aliphatic heterocycles. The van der Waals surface area contributed by atoms with Crippen LogP contribution in [0.5, 0.6) is 5.75 Å². The van der Waals surface area contributed by atoms with Gasteiger partial charge in [0.05, 0.1) is 6.61 Å². The largest absolute Gasteiger partial charge is 0.491 e. The van der Waals surface area contributed by atoms with E-state index in [9.17, 15) is 9.59 Å². The van der Waals surface area contributed by atoms with E-state index in [1.807, 2.05) is 6.92 Å². The van der Waals surface area contributed by atoms with Crippen LogP contribution < -0.4 is 20.7 Å². The molecule has 0 unspecified atom stereocenters. The number of carbonyl (C=O) groups is 2. The molecule has 3 N–H and O–H groups in total. The molecule has 0 saturated heterocycles. The summed E-state index contributed by atoms with van der Waals surface area (Å²) in [4.78, 5) is 24.7. The molecule has 2 amide bonds. The Bertz CT molecular complexity index is 889. The van der Waals surface area contributed by atoms with Crippen molar-refractivity contribution in [3.8, 4) is 5.75 Å². The van der Waals surface area contributed by atoms with Gasteiger partial charge >= 0.3 is 0 Å². The topological polar surface area (TPSA) is 97.9 Å². The quantitative estimate of drug-likeness (QED) is 0.332. The molecule has 0 aromatic heterocycles. The van der Waals surface area contributed by atoms with Crippen molar-refractivity contribution in [1.29, 1.82) is 0 Å². The van der Waals surface area contributed by atoms with Crippen molar-refractivity contribution >= 4 is 34.8 Å². The lowest BCUT2D eigenvalue weighted by atomic mass is 10.2. The van der Waals surface area contributed by atoms with Gasteiger partial charge in [-0.05, 0) is 68.0 Å². The number of ether oxygens (including phenoxy) is 3. The number of rotatable bonds is 12. The SMILES string of the molecule is CCOCCOc1ccc(C(=O)NC(=S)Nc2cccc(C(=O)NCCCOC)c2)cc1. The van der Waals surface area contributed by atoms with Crippen molar-refractivity contribution < 1.29 is 23.8 Å². The Hall–Kier alpha value is -3.01. The number of amides is 2. The maximum atomic E-state index is 12.4. The fourth-order valence-electron chi connectivity index (χ4n) is 2.66. The van der Waals surface area contributed by atoms with Crippen LogP contribution in [0.4, 0.5) is 5.69 Å². The summed E-state index contributed by atoms with van der Waals surface area (Å²) in [5.41, 5.74) is 1.52. The first-order valence-corrected chi connectivity index (χ1v) is 10.7. The molecule has 0 aliphatic carbocycles. The molecule has 8 nitrogen and oxygen atoms in total. The van der Waals surface area contributed by atoms with Crippen LogP contribution in [0.1, 0.15) is 34.1 Å². The minimum Gasteiger partial charge on any atom is -0.491 e. The lowest BCUT2D eigenvalue weighted by Gasteiger charge is -2.11. The van der Waals surface area contributed by atoms with Crippen LogP contribution in [0, 0.1) is 0 Å². The minimum atomic E-state index is -0.351. The molecule has 0 aliphatic rings. The minimum absolute atomic E-state index is 0.129. The van der Waals surface area contributed by atoms with Crippen LogP contribution in [-0.2, 0) is 9.47 Å². The molecule has 2 aromatic rings. The van der Waals surface area contributed by atoms with E-state index in [4.69, 9.17) is 26.4 Å². The van der Waals surface area contributed by atoms with Gasteiger partial charge in [0.1, 0.15) is 12.4 Å². The Morgan fingerprint density at radius 1 is 0.969 bits per heavy atom. The molecule has 2 aromatic carbocycles. The van der Waals surface area contributed by atoms with Gasteiger partial charge in [-0.3, -0.25) is 14.9 Å². The molecule has 172 valence electrons. The fraction of sp³-hybridized carbons (Fsp3) is 0.348. The van der Waals surface area contributed by atoms with E-state index in [0.29, 0.717) is 55.5 Å². The molecule has 32 heavy (non-hydrogen) atoms. The highest BCUT2D eigenvalue weighted by Crippen LogP contribution is 2.13. The first kappa shape index (κ1) is 25.3. The van der Waals surface area contributed by atoms with Crippen LogP contribution in [0.25, 0.3) is 0 Å². The van der Waals surface area contributed by atoms with E-state index in [1.54, 1.807) is 55.6 Å². The number of thiocarbonyl (C=S) groups is 1. The number of hydrogen-bond acceptors (Lipinski definition) is 6. The summed E-state index contributed by atoms with van der Waals surface area (Å²) in [5, 5.41) is 8.51. The van der Waals surface area contributed by atoms with Crippen molar-refractivity contribution in [3.63, 3.8) is 0 Å². The normalized spacial score (nSPS) is 10.3. The van der Waals surface area contributed by atoms with E-state index in [1.165, 1.54) is 0 Å². The number of methoxy groups -OCH3 is 1. The number of nitrogens with one attached hydrogen (secondary N) is 3. The maximum absolute atomic E-state index is 12.4. The second-order valence-corrected chi connectivity index (χ2v) is 7.07. The van der Waals surface area contributed by atoms with Crippen molar-refractivity contribution in [2.24, 2.45) is 0 Å². The van der Waals surface area contributed by atoms with Gasteiger partial charge in [-0.25, -0.2) is 0 Å². The van der Waals surface area contributed by atoms with Crippen LogP contribution >= 0.6 is 12.2 Å². The van der Waals surface area contributed by atoms with E-state index >= 15 is 0 Å². The molecule has 0 heterocycles. The van der Waals surface area contributed by atoms with E-state index in [2.05, 4.69) is 16.0 Å². The van der Waals surface area contributed by atoms with Gasteiger partial charge in [-0.2, -0.15) is 0 Å². The predicted molar refractivity (Wildman–Crippen MR) is 127 cm³/mol. The third kappa shape index (κ3) is 9.01. The van der Waals surface area contributed by atoms with Crippen LogP contribution in [0.2, 0.25) is 0 Å². The summed E-state index contributed by atoms with van der Waals surface area (Å²) in [5.74, 6) is 0.109. The van der Waals surface area contributed by atoms with Gasteiger partial charge in [-0.1, -0.05) is 6.07 Å². The fourth-order valence-corrected chi connectivity index (χ4v) is 2.87. The summed E-state index contributed by atoms with van der Waals surface area (Å²) < 4.78 is 15.7. The summed E-state index contributed by atoms with van der Waals surface area (Å²) in [6, 6.07) is 13.6. The van der Waals surface area contributed by atoms with Crippen LogP contribution in [-0.4, -0.2) is 57.0 Å². The third-order valence-electron chi connectivity index (χ3n) is 4.24. The Morgan fingerprint density at radius 2 is 1.75 bits per heavy atom. The number of benzene rings is 2. The van der Waals surface area contributed by atoms with Gasteiger partial charge in [0, 0.05) is 43.7 Å². The average molecular weight is 460 g/mol. The highest BCUT2D eigenvalue weighted by atomic mass is 32.1. The van der Waals surface area contributed by atoms with Gasteiger partial charge < -0.3 is 24.8 Å². The second-order valence-electron chi connectivity index (χ2n) is 6.66. The molecule has 0 saturated carbocycles. The Labute approximate surface area is 193 Å². The van der Waals surface area contributed by atoms with E-state index in [-0.39, 0.29) is 16.9 Å². The van der Waals surface area contributed by atoms with Crippen molar-refractivity contribution in [2.75, 3.05) is 45.4 Å². The standard InChI is InChI=1S/C23H29N3O5S/c1-3-30-14-15-31-20-10-8-17(9-11-20)22(28)26-23(32)25-19-7-4-6-18(16-19)21(27)24-12-5-13-29-2/h4,6-11,16H,3,5,12-15H2,1-2H3,(H,24,27)(H2,25,26,28,32). The lowest BCUT2D eigenvalue weighted by molar-refractivity contribution is 0.0946. The maximum Gasteiger partial charge on any atom is 0.257 e. The number of anilines is 1. The zero-order valence-corrected chi connectivity index (χ0v) is 19.1. The highest BCUT2D eigenvalue weighted by Gasteiger charge is 2.10. The summed E-state index contributed by atoms with van der Waals surface area (Å²) in [7, 11) is 1.62. The first-order valence-electron chi connectivity index (χ1n) is 10.3. The van der Waals surface area contributed by atoms with E-state index < -0.39 is 0 Å². The monoisotopic (exact) mass is 459 g/mol. The smallest absolute Gasteiger partial charge is 0.257 e. The Morgan fingerprint density at radius 3 is 2.47 bits per heavy atom. The molecular formula is C23H29N3O5S. The molecule has 2 rings (SSSR count). The molecular weight excluding hydrogens is 430 g/mol. The second kappa shape index (κ2) is 14.1. The molecule has 0 fully saturated rings. The van der Waals surface area contributed by atoms with Crippen molar-refractivity contribution in [1.82, 2.24) is 10.6 Å². The van der Waals surface area contributed by atoms with Gasteiger partial charge in [0.2, 0.25) is 0 Å². The zero-order valence-electron chi connectivity index (χ0n) is 18.3. The van der Waals surface area contributed by atoms with E-state index in [0.717, 1.165) is 6.42 Å². The lowest BCUT2D eigenvalue weighted by Crippen LogP contribution is -2.34. The number of carbonyl (C=O) groups excluding carboxylic acids is 2. The third-order valence-corrected chi connectivity index (χ3v) is 4.44. The Balaban J connectivity index is 1.84. The molecule has 9 heteroatoms. The summed E-state index contributed by atoms with van der Waals surface area (Å²) in [6.07, 6.45) is 0.733. The molecule has 0 radical (unpaired) electrons. The predicted octanol–water partition coefficient (Wildman–Crippen LogP) is 3.00. The van der Waals surface area contributed by atoms with Gasteiger partial charge in [0.15, 0.2) is 5.11 Å². The van der Waals surface area contributed by atoms with Crippen LogP contribution in [0.3, 0.4) is 0 Å². The van der Waals surface area contributed by atoms with Crippen molar-refractivity contribution in [3.05, 3.63) is 59.7 Å². The number of hydrogen-bond donors (Lipinski definition) is 3.